The highest BCUT2D eigenvalue weighted by Gasteiger charge is 2.25. The van der Waals surface area contributed by atoms with Crippen LogP contribution in [0.3, 0.4) is 0 Å². The summed E-state index contributed by atoms with van der Waals surface area (Å²) in [5, 5.41) is 5.31. The monoisotopic (exact) mass is 391 g/mol. The van der Waals surface area contributed by atoms with E-state index in [-0.39, 0.29) is 17.3 Å². The van der Waals surface area contributed by atoms with E-state index in [4.69, 9.17) is 0 Å². The van der Waals surface area contributed by atoms with Gasteiger partial charge in [0.05, 0.1) is 4.90 Å². The zero-order chi connectivity index (χ0) is 19.3. The second-order valence-corrected chi connectivity index (χ2v) is 8.36. The van der Waals surface area contributed by atoms with E-state index in [0.29, 0.717) is 18.8 Å². The lowest BCUT2D eigenvalue weighted by molar-refractivity contribution is 0.251. The summed E-state index contributed by atoms with van der Waals surface area (Å²) in [6, 6.07) is 11.5. The van der Waals surface area contributed by atoms with Gasteiger partial charge >= 0.3 is 6.03 Å². The van der Waals surface area contributed by atoms with Crippen LogP contribution in [0.15, 0.2) is 53.4 Å². The molecule has 1 aliphatic heterocycles. The van der Waals surface area contributed by atoms with Crippen molar-refractivity contribution in [3.63, 3.8) is 0 Å². The normalized spacial score (nSPS) is 15.3. The number of hydrogen-bond acceptors (Lipinski definition) is 3. The SMILES string of the molecule is O=C(NCc1ccc(F)cc1)Nc1ccc(S(=O)(=O)N2CCCCC2)cc1. The standard InChI is InChI=1S/C19H22FN3O3S/c20-16-6-4-15(5-7-16)14-21-19(24)22-17-8-10-18(11-9-17)27(25,26)23-12-2-1-3-13-23/h4-11H,1-3,12-14H2,(H2,21,22,24). The number of anilines is 1. The quantitative estimate of drug-likeness (QED) is 0.821. The van der Waals surface area contributed by atoms with Crippen LogP contribution in [0, 0.1) is 5.82 Å². The Balaban J connectivity index is 1.56. The Hall–Kier alpha value is -2.45. The van der Waals surface area contributed by atoms with E-state index in [1.165, 1.54) is 28.6 Å². The lowest BCUT2D eigenvalue weighted by Crippen LogP contribution is -2.35. The molecule has 6 nitrogen and oxygen atoms in total. The summed E-state index contributed by atoms with van der Waals surface area (Å²) in [7, 11) is -3.48. The topological polar surface area (TPSA) is 78.5 Å². The molecule has 1 heterocycles. The first-order valence-electron chi connectivity index (χ1n) is 8.85. The van der Waals surface area contributed by atoms with Crippen LogP contribution >= 0.6 is 0 Å². The molecule has 1 aliphatic rings. The van der Waals surface area contributed by atoms with Gasteiger partial charge in [-0.25, -0.2) is 17.6 Å². The summed E-state index contributed by atoms with van der Waals surface area (Å²) in [4.78, 5) is 12.2. The Labute approximate surface area is 158 Å². The van der Waals surface area contributed by atoms with Crippen LogP contribution in [0.25, 0.3) is 0 Å². The van der Waals surface area contributed by atoms with Crippen LogP contribution in [-0.4, -0.2) is 31.8 Å². The molecule has 1 fully saturated rings. The van der Waals surface area contributed by atoms with Gasteiger partial charge in [-0.1, -0.05) is 18.6 Å². The molecule has 3 rings (SSSR count). The first kappa shape index (κ1) is 19.3. The Morgan fingerprint density at radius 2 is 1.59 bits per heavy atom. The number of hydrogen-bond donors (Lipinski definition) is 2. The van der Waals surface area contributed by atoms with Crippen molar-refractivity contribution in [1.82, 2.24) is 9.62 Å². The number of piperidine rings is 1. The average Bonchev–Trinajstić information content (AvgIpc) is 2.69. The minimum absolute atomic E-state index is 0.224. The summed E-state index contributed by atoms with van der Waals surface area (Å²) in [5.74, 6) is -0.331. The summed E-state index contributed by atoms with van der Waals surface area (Å²) in [6.07, 6.45) is 2.82. The third-order valence-electron chi connectivity index (χ3n) is 4.43. The summed E-state index contributed by atoms with van der Waals surface area (Å²) >= 11 is 0. The Kier molecular flexibility index (Phi) is 6.08. The second kappa shape index (κ2) is 8.49. The van der Waals surface area contributed by atoms with Crippen molar-refractivity contribution in [3.05, 3.63) is 59.9 Å². The molecular formula is C19H22FN3O3S. The van der Waals surface area contributed by atoms with Gasteiger partial charge in [0.1, 0.15) is 5.82 Å². The number of nitrogens with one attached hydrogen (secondary N) is 2. The van der Waals surface area contributed by atoms with Crippen LogP contribution in [0.5, 0.6) is 0 Å². The van der Waals surface area contributed by atoms with E-state index in [0.717, 1.165) is 24.8 Å². The minimum atomic E-state index is -3.48. The molecule has 0 aromatic heterocycles. The van der Waals surface area contributed by atoms with Crippen LogP contribution in [0.2, 0.25) is 0 Å². The molecule has 1 saturated heterocycles. The van der Waals surface area contributed by atoms with E-state index in [1.54, 1.807) is 24.3 Å². The predicted molar refractivity (Wildman–Crippen MR) is 101 cm³/mol. The molecule has 0 aliphatic carbocycles. The van der Waals surface area contributed by atoms with E-state index in [1.807, 2.05) is 0 Å². The number of urea groups is 1. The lowest BCUT2D eigenvalue weighted by atomic mass is 10.2. The molecule has 8 heteroatoms. The van der Waals surface area contributed by atoms with E-state index in [9.17, 15) is 17.6 Å². The molecule has 2 N–H and O–H groups in total. The molecule has 2 aromatic rings. The number of sulfonamides is 1. The van der Waals surface area contributed by atoms with Crippen LogP contribution in [0.4, 0.5) is 14.9 Å². The van der Waals surface area contributed by atoms with Crippen molar-refractivity contribution >= 4 is 21.7 Å². The van der Waals surface area contributed by atoms with Gasteiger partial charge in [0.15, 0.2) is 0 Å². The summed E-state index contributed by atoms with van der Waals surface area (Å²) in [6.45, 7) is 1.36. The largest absolute Gasteiger partial charge is 0.334 e. The average molecular weight is 391 g/mol. The van der Waals surface area contributed by atoms with E-state index in [2.05, 4.69) is 10.6 Å². The zero-order valence-corrected chi connectivity index (χ0v) is 15.6. The van der Waals surface area contributed by atoms with E-state index < -0.39 is 16.1 Å². The minimum Gasteiger partial charge on any atom is -0.334 e. The molecular weight excluding hydrogens is 369 g/mol. The first-order chi connectivity index (χ1) is 12.9. The maximum Gasteiger partial charge on any atom is 0.319 e. The highest BCUT2D eigenvalue weighted by atomic mass is 32.2. The van der Waals surface area contributed by atoms with Crippen molar-refractivity contribution in [1.29, 1.82) is 0 Å². The Morgan fingerprint density at radius 3 is 2.22 bits per heavy atom. The molecule has 0 unspecified atom stereocenters. The maximum atomic E-state index is 12.9. The number of nitrogens with zero attached hydrogens (tertiary/aromatic N) is 1. The fourth-order valence-corrected chi connectivity index (χ4v) is 4.44. The fraction of sp³-hybridized carbons (Fsp3) is 0.316. The number of halogens is 1. The highest BCUT2D eigenvalue weighted by Crippen LogP contribution is 2.21. The van der Waals surface area contributed by atoms with Crippen LogP contribution in [0.1, 0.15) is 24.8 Å². The molecule has 0 spiro atoms. The van der Waals surface area contributed by atoms with Gasteiger partial charge in [0.25, 0.3) is 0 Å². The number of rotatable bonds is 5. The van der Waals surface area contributed by atoms with Gasteiger partial charge in [-0.05, 0) is 54.8 Å². The molecule has 2 aromatic carbocycles. The fourth-order valence-electron chi connectivity index (χ4n) is 2.92. The van der Waals surface area contributed by atoms with Gasteiger partial charge in [-0.15, -0.1) is 0 Å². The second-order valence-electron chi connectivity index (χ2n) is 6.42. The van der Waals surface area contributed by atoms with E-state index >= 15 is 0 Å². The molecule has 0 saturated carbocycles. The number of carbonyl (C=O) groups excluding carboxylic acids is 1. The maximum absolute atomic E-state index is 12.9. The number of benzene rings is 2. The Bertz CT molecular complexity index is 877. The lowest BCUT2D eigenvalue weighted by Gasteiger charge is -2.25. The van der Waals surface area contributed by atoms with Crippen molar-refractivity contribution in [2.24, 2.45) is 0 Å². The zero-order valence-electron chi connectivity index (χ0n) is 14.8. The highest BCUT2D eigenvalue weighted by molar-refractivity contribution is 7.89. The number of carbonyl (C=O) groups is 1. The predicted octanol–water partition coefficient (Wildman–Crippen LogP) is 3.32. The Morgan fingerprint density at radius 1 is 0.963 bits per heavy atom. The van der Waals surface area contributed by atoms with Crippen molar-refractivity contribution < 1.29 is 17.6 Å². The summed E-state index contributed by atoms with van der Waals surface area (Å²) in [5.41, 5.74) is 1.26. The summed E-state index contributed by atoms with van der Waals surface area (Å²) < 4.78 is 39.6. The smallest absolute Gasteiger partial charge is 0.319 e. The molecule has 2 amide bonds. The van der Waals surface area contributed by atoms with Crippen molar-refractivity contribution in [2.75, 3.05) is 18.4 Å². The molecule has 0 radical (unpaired) electrons. The van der Waals surface area contributed by atoms with Gasteiger partial charge in [-0.2, -0.15) is 4.31 Å². The van der Waals surface area contributed by atoms with Gasteiger partial charge in [0, 0.05) is 25.3 Å². The van der Waals surface area contributed by atoms with Gasteiger partial charge in [0.2, 0.25) is 10.0 Å². The van der Waals surface area contributed by atoms with Gasteiger partial charge < -0.3 is 10.6 Å². The van der Waals surface area contributed by atoms with Crippen LogP contribution < -0.4 is 10.6 Å². The van der Waals surface area contributed by atoms with Crippen molar-refractivity contribution in [3.8, 4) is 0 Å². The van der Waals surface area contributed by atoms with Crippen LogP contribution in [-0.2, 0) is 16.6 Å². The molecule has 144 valence electrons. The molecule has 0 bridgehead atoms. The third kappa shape index (κ3) is 5.05. The molecule has 27 heavy (non-hydrogen) atoms. The van der Waals surface area contributed by atoms with Gasteiger partial charge in [-0.3, -0.25) is 0 Å². The molecule has 0 atom stereocenters. The number of amides is 2. The third-order valence-corrected chi connectivity index (χ3v) is 6.34. The van der Waals surface area contributed by atoms with Crippen molar-refractivity contribution in [2.45, 2.75) is 30.7 Å². The first-order valence-corrected chi connectivity index (χ1v) is 10.3.